The van der Waals surface area contributed by atoms with E-state index in [1.54, 1.807) is 0 Å². The highest BCUT2D eigenvalue weighted by molar-refractivity contribution is 5.39. The first-order valence-electron chi connectivity index (χ1n) is 5.46. The van der Waals surface area contributed by atoms with Gasteiger partial charge in [-0.2, -0.15) is 13.2 Å². The second kappa shape index (κ2) is 4.50. The van der Waals surface area contributed by atoms with E-state index in [0.29, 0.717) is 12.3 Å². The fourth-order valence-corrected chi connectivity index (χ4v) is 1.96. The molecule has 0 aromatic carbocycles. The predicted molar refractivity (Wildman–Crippen MR) is 55.1 cm³/mol. The van der Waals surface area contributed by atoms with Gasteiger partial charge in [-0.15, -0.1) is 0 Å². The van der Waals surface area contributed by atoms with E-state index in [-0.39, 0.29) is 11.9 Å². The standard InChI is InChI=1S/C11H12F4N2/c12-9-5-7(11(13,14)15)6-16-10(9)17-8-3-1-2-4-8/h5-6,8H,1-4H2,(H,16,17). The zero-order valence-corrected chi connectivity index (χ0v) is 9.02. The maximum absolute atomic E-state index is 13.4. The summed E-state index contributed by atoms with van der Waals surface area (Å²) in [6.45, 7) is 0. The summed E-state index contributed by atoms with van der Waals surface area (Å²) in [5.41, 5.74) is -1.06. The lowest BCUT2D eigenvalue weighted by Gasteiger charge is -2.14. The Balaban J connectivity index is 2.14. The average Bonchev–Trinajstić information content (AvgIpc) is 2.72. The molecule has 17 heavy (non-hydrogen) atoms. The Morgan fingerprint density at radius 2 is 1.88 bits per heavy atom. The maximum atomic E-state index is 13.4. The van der Waals surface area contributed by atoms with Crippen molar-refractivity contribution in [2.45, 2.75) is 37.9 Å². The molecule has 0 saturated heterocycles. The number of nitrogens with zero attached hydrogens (tertiary/aromatic N) is 1. The van der Waals surface area contributed by atoms with Gasteiger partial charge in [-0.25, -0.2) is 9.37 Å². The van der Waals surface area contributed by atoms with Crippen molar-refractivity contribution in [1.29, 1.82) is 0 Å². The Hall–Kier alpha value is -1.33. The van der Waals surface area contributed by atoms with Crippen LogP contribution in [-0.2, 0) is 6.18 Å². The molecule has 1 aromatic heterocycles. The first-order valence-corrected chi connectivity index (χ1v) is 5.46. The summed E-state index contributed by atoms with van der Waals surface area (Å²) in [4.78, 5) is 3.50. The van der Waals surface area contributed by atoms with E-state index in [1.165, 1.54) is 0 Å². The lowest BCUT2D eigenvalue weighted by molar-refractivity contribution is -0.138. The number of nitrogens with one attached hydrogen (secondary N) is 1. The molecular formula is C11H12F4N2. The van der Waals surface area contributed by atoms with Crippen molar-refractivity contribution in [2.24, 2.45) is 0 Å². The monoisotopic (exact) mass is 248 g/mol. The van der Waals surface area contributed by atoms with E-state index in [1.807, 2.05) is 0 Å². The second-order valence-corrected chi connectivity index (χ2v) is 4.18. The molecule has 0 unspecified atom stereocenters. The smallest absolute Gasteiger partial charge is 0.365 e. The van der Waals surface area contributed by atoms with Crippen LogP contribution >= 0.6 is 0 Å². The van der Waals surface area contributed by atoms with Gasteiger partial charge in [-0.3, -0.25) is 0 Å². The molecule has 0 atom stereocenters. The summed E-state index contributed by atoms with van der Waals surface area (Å²) in [5, 5.41) is 2.83. The Labute approximate surface area is 96.0 Å². The minimum Gasteiger partial charge on any atom is -0.365 e. The van der Waals surface area contributed by atoms with Crippen LogP contribution in [0.2, 0.25) is 0 Å². The number of rotatable bonds is 2. The molecule has 0 bridgehead atoms. The number of alkyl halides is 3. The van der Waals surface area contributed by atoms with Crippen LogP contribution in [0.25, 0.3) is 0 Å². The molecule has 1 saturated carbocycles. The first-order chi connectivity index (χ1) is 7.97. The third-order valence-corrected chi connectivity index (χ3v) is 2.86. The quantitative estimate of drug-likeness (QED) is 0.809. The van der Waals surface area contributed by atoms with Gasteiger partial charge in [0.1, 0.15) is 0 Å². The molecule has 0 aliphatic heterocycles. The van der Waals surface area contributed by atoms with Gasteiger partial charge in [0.15, 0.2) is 11.6 Å². The minimum absolute atomic E-state index is 0.0927. The number of hydrogen-bond acceptors (Lipinski definition) is 2. The molecule has 6 heteroatoms. The SMILES string of the molecule is Fc1cc(C(F)(F)F)cnc1NC1CCCC1. The molecule has 2 rings (SSSR count). The van der Waals surface area contributed by atoms with Crippen molar-refractivity contribution in [3.8, 4) is 0 Å². The van der Waals surface area contributed by atoms with Crippen LogP contribution in [-0.4, -0.2) is 11.0 Å². The molecule has 0 spiro atoms. The van der Waals surface area contributed by atoms with Crippen molar-refractivity contribution in [3.05, 3.63) is 23.6 Å². The maximum Gasteiger partial charge on any atom is 0.417 e. The zero-order chi connectivity index (χ0) is 12.5. The third kappa shape index (κ3) is 2.87. The highest BCUT2D eigenvalue weighted by atomic mass is 19.4. The van der Waals surface area contributed by atoms with Crippen molar-refractivity contribution in [2.75, 3.05) is 5.32 Å². The van der Waals surface area contributed by atoms with Crippen LogP contribution in [0.15, 0.2) is 12.3 Å². The molecule has 0 amide bonds. The van der Waals surface area contributed by atoms with Crippen molar-refractivity contribution < 1.29 is 17.6 Å². The summed E-state index contributed by atoms with van der Waals surface area (Å²) in [6, 6.07) is 0.596. The van der Waals surface area contributed by atoms with E-state index >= 15 is 0 Å². The number of aromatic nitrogens is 1. The normalized spacial score (nSPS) is 17.4. The lowest BCUT2D eigenvalue weighted by atomic mass is 10.2. The summed E-state index contributed by atoms with van der Waals surface area (Å²) < 4.78 is 50.2. The molecule has 1 N–H and O–H groups in total. The number of anilines is 1. The average molecular weight is 248 g/mol. The van der Waals surface area contributed by atoms with Crippen molar-refractivity contribution in [1.82, 2.24) is 4.98 Å². The Morgan fingerprint density at radius 1 is 1.24 bits per heavy atom. The van der Waals surface area contributed by atoms with Gasteiger partial charge in [0.25, 0.3) is 0 Å². The van der Waals surface area contributed by atoms with Crippen LogP contribution < -0.4 is 5.32 Å². The number of pyridine rings is 1. The van der Waals surface area contributed by atoms with Crippen LogP contribution in [0.4, 0.5) is 23.4 Å². The fourth-order valence-electron chi connectivity index (χ4n) is 1.96. The highest BCUT2D eigenvalue weighted by Gasteiger charge is 2.32. The highest BCUT2D eigenvalue weighted by Crippen LogP contribution is 2.30. The second-order valence-electron chi connectivity index (χ2n) is 4.18. The molecule has 1 aliphatic carbocycles. The van der Waals surface area contributed by atoms with Gasteiger partial charge >= 0.3 is 6.18 Å². The van der Waals surface area contributed by atoms with E-state index < -0.39 is 17.6 Å². The topological polar surface area (TPSA) is 24.9 Å². The van der Waals surface area contributed by atoms with Crippen LogP contribution in [0.3, 0.4) is 0 Å². The Bertz CT molecular complexity index is 397. The van der Waals surface area contributed by atoms with Crippen molar-refractivity contribution in [3.63, 3.8) is 0 Å². The van der Waals surface area contributed by atoms with E-state index in [9.17, 15) is 17.6 Å². The van der Waals surface area contributed by atoms with Crippen LogP contribution in [0.5, 0.6) is 0 Å². The molecule has 1 heterocycles. The molecule has 1 aliphatic rings. The Morgan fingerprint density at radius 3 is 2.41 bits per heavy atom. The van der Waals surface area contributed by atoms with E-state index in [0.717, 1.165) is 25.7 Å². The number of hydrogen-bond donors (Lipinski definition) is 1. The minimum atomic E-state index is -4.56. The zero-order valence-electron chi connectivity index (χ0n) is 9.02. The fraction of sp³-hybridized carbons (Fsp3) is 0.545. The molecule has 0 radical (unpaired) electrons. The number of halogens is 4. The molecule has 94 valence electrons. The van der Waals surface area contributed by atoms with Crippen molar-refractivity contribution >= 4 is 5.82 Å². The summed E-state index contributed by atoms with van der Waals surface area (Å²) in [7, 11) is 0. The summed E-state index contributed by atoms with van der Waals surface area (Å²) in [6.07, 6.45) is 0.0181. The van der Waals surface area contributed by atoms with Gasteiger partial charge in [-0.05, 0) is 18.9 Å². The molecule has 2 nitrogen and oxygen atoms in total. The van der Waals surface area contributed by atoms with Gasteiger partial charge in [-0.1, -0.05) is 12.8 Å². The Kier molecular flexibility index (Phi) is 3.22. The summed E-state index contributed by atoms with van der Waals surface area (Å²) in [5.74, 6) is -1.04. The lowest BCUT2D eigenvalue weighted by Crippen LogP contribution is -2.17. The van der Waals surface area contributed by atoms with Gasteiger partial charge in [0.05, 0.1) is 5.56 Å². The van der Waals surface area contributed by atoms with Crippen LogP contribution in [0, 0.1) is 5.82 Å². The van der Waals surface area contributed by atoms with Gasteiger partial charge in [0, 0.05) is 12.2 Å². The molecule has 1 aromatic rings. The summed E-state index contributed by atoms with van der Waals surface area (Å²) >= 11 is 0. The van der Waals surface area contributed by atoms with Gasteiger partial charge < -0.3 is 5.32 Å². The molecular weight excluding hydrogens is 236 g/mol. The van der Waals surface area contributed by atoms with Gasteiger partial charge in [0.2, 0.25) is 0 Å². The van der Waals surface area contributed by atoms with E-state index in [2.05, 4.69) is 10.3 Å². The predicted octanol–water partition coefficient (Wildman–Crippen LogP) is 3.59. The largest absolute Gasteiger partial charge is 0.417 e. The first kappa shape index (κ1) is 12.1. The third-order valence-electron chi connectivity index (χ3n) is 2.86. The van der Waals surface area contributed by atoms with E-state index in [4.69, 9.17) is 0 Å². The van der Waals surface area contributed by atoms with Crippen LogP contribution in [0.1, 0.15) is 31.2 Å². The molecule has 1 fully saturated rings.